The first-order valence-corrected chi connectivity index (χ1v) is 11.9. The summed E-state index contributed by atoms with van der Waals surface area (Å²) in [4.78, 5) is 42.5. The lowest BCUT2D eigenvalue weighted by molar-refractivity contribution is -0.128. The summed E-state index contributed by atoms with van der Waals surface area (Å²) >= 11 is 0. The summed E-state index contributed by atoms with van der Waals surface area (Å²) in [6, 6.07) is 8.17. The number of amides is 3. The Hall–Kier alpha value is -3.24. The molecule has 0 unspecified atom stereocenters. The molecule has 1 spiro atoms. The van der Waals surface area contributed by atoms with Gasteiger partial charge < -0.3 is 24.1 Å². The monoisotopic (exact) mass is 485 g/mol. The lowest BCUT2D eigenvalue weighted by atomic mass is 9.96. The van der Waals surface area contributed by atoms with Crippen molar-refractivity contribution in [1.82, 2.24) is 15.1 Å². The van der Waals surface area contributed by atoms with Gasteiger partial charge in [0.05, 0.1) is 24.5 Å². The second-order valence-corrected chi connectivity index (χ2v) is 9.08. The minimum Gasteiger partial charge on any atom is -0.459 e. The van der Waals surface area contributed by atoms with Gasteiger partial charge in [-0.05, 0) is 37.1 Å². The first kappa shape index (κ1) is 23.5. The fraction of sp³-hybridized carbons (Fsp3) is 0.480. The number of rotatable bonds is 5. The van der Waals surface area contributed by atoms with Crippen molar-refractivity contribution in [2.24, 2.45) is 0 Å². The fourth-order valence-corrected chi connectivity index (χ4v) is 5.09. The van der Waals surface area contributed by atoms with Gasteiger partial charge in [0.25, 0.3) is 11.8 Å². The van der Waals surface area contributed by atoms with E-state index in [2.05, 4.69) is 5.32 Å². The number of halogens is 1. The zero-order valence-electron chi connectivity index (χ0n) is 19.3. The molecule has 1 aromatic heterocycles. The molecular weight excluding hydrogens is 457 g/mol. The SMILES string of the molecule is O=C(NC[C@H]1CCCO1)[C@@H]1COC2(CCN(C(=O)c3ccccc3F)CC2)N1C(=O)c1ccco1. The van der Waals surface area contributed by atoms with Gasteiger partial charge in [0, 0.05) is 39.1 Å². The van der Waals surface area contributed by atoms with Gasteiger partial charge in [-0.15, -0.1) is 0 Å². The summed E-state index contributed by atoms with van der Waals surface area (Å²) in [7, 11) is 0. The van der Waals surface area contributed by atoms with Crippen molar-refractivity contribution in [3.05, 3.63) is 59.8 Å². The highest BCUT2D eigenvalue weighted by atomic mass is 19.1. The number of likely N-dealkylation sites (tertiary alicyclic amines) is 1. The van der Waals surface area contributed by atoms with E-state index in [-0.39, 0.29) is 55.9 Å². The van der Waals surface area contributed by atoms with E-state index in [1.54, 1.807) is 23.1 Å². The van der Waals surface area contributed by atoms with Gasteiger partial charge in [0.1, 0.15) is 17.6 Å². The second-order valence-electron chi connectivity index (χ2n) is 9.08. The van der Waals surface area contributed by atoms with Crippen LogP contribution in [0.2, 0.25) is 0 Å². The Balaban J connectivity index is 1.32. The fourth-order valence-electron chi connectivity index (χ4n) is 5.09. The molecule has 1 aromatic carbocycles. The lowest BCUT2D eigenvalue weighted by Gasteiger charge is -2.44. The van der Waals surface area contributed by atoms with Gasteiger partial charge in [0.15, 0.2) is 5.76 Å². The molecule has 0 saturated carbocycles. The molecule has 35 heavy (non-hydrogen) atoms. The first-order chi connectivity index (χ1) is 17.0. The largest absolute Gasteiger partial charge is 0.459 e. The van der Waals surface area contributed by atoms with Crippen molar-refractivity contribution < 1.29 is 32.7 Å². The van der Waals surface area contributed by atoms with Crippen molar-refractivity contribution in [2.75, 3.05) is 32.8 Å². The van der Waals surface area contributed by atoms with Crippen molar-refractivity contribution in [3.8, 4) is 0 Å². The summed E-state index contributed by atoms with van der Waals surface area (Å²) < 4.78 is 31.2. The smallest absolute Gasteiger partial charge is 0.292 e. The van der Waals surface area contributed by atoms with E-state index in [9.17, 15) is 18.8 Å². The number of benzene rings is 1. The number of carbonyl (C=O) groups excluding carboxylic acids is 3. The number of nitrogens with one attached hydrogen (secondary N) is 1. The van der Waals surface area contributed by atoms with Gasteiger partial charge in [-0.2, -0.15) is 0 Å². The summed E-state index contributed by atoms with van der Waals surface area (Å²) in [5, 5.41) is 2.90. The molecule has 1 N–H and O–H groups in total. The van der Waals surface area contributed by atoms with E-state index in [1.807, 2.05) is 0 Å². The quantitative estimate of drug-likeness (QED) is 0.697. The summed E-state index contributed by atoms with van der Waals surface area (Å²) in [5.41, 5.74) is -1.06. The van der Waals surface area contributed by atoms with Crippen LogP contribution in [-0.2, 0) is 14.3 Å². The standard InChI is InChI=1S/C25H28FN3O6/c26-19-7-2-1-6-18(19)23(31)28-11-9-25(10-12-28)29(24(32)21-8-4-14-34-21)20(16-35-25)22(30)27-15-17-5-3-13-33-17/h1-2,4,6-8,14,17,20H,3,5,9-13,15-16H2,(H,27,30)/t17-,20+/m1/s1. The molecule has 2 atom stereocenters. The van der Waals surface area contributed by atoms with E-state index >= 15 is 0 Å². The molecule has 4 heterocycles. The maximum absolute atomic E-state index is 14.2. The number of hydrogen-bond acceptors (Lipinski definition) is 6. The van der Waals surface area contributed by atoms with E-state index in [1.165, 1.54) is 29.4 Å². The third-order valence-corrected chi connectivity index (χ3v) is 6.98. The van der Waals surface area contributed by atoms with Crippen molar-refractivity contribution >= 4 is 17.7 Å². The van der Waals surface area contributed by atoms with Crippen molar-refractivity contribution in [1.29, 1.82) is 0 Å². The van der Waals surface area contributed by atoms with Crippen LogP contribution in [-0.4, -0.2) is 78.2 Å². The summed E-state index contributed by atoms with van der Waals surface area (Å²) in [6.45, 7) is 1.58. The first-order valence-electron chi connectivity index (χ1n) is 11.9. The van der Waals surface area contributed by atoms with Crippen LogP contribution in [0.25, 0.3) is 0 Å². The molecule has 3 aliphatic rings. The van der Waals surface area contributed by atoms with Gasteiger partial charge in [-0.25, -0.2) is 4.39 Å². The molecule has 186 valence electrons. The Labute approximate surface area is 202 Å². The van der Waals surface area contributed by atoms with Crippen LogP contribution in [0.1, 0.15) is 46.6 Å². The zero-order valence-corrected chi connectivity index (χ0v) is 19.3. The third kappa shape index (κ3) is 4.55. The van der Waals surface area contributed by atoms with Gasteiger partial charge >= 0.3 is 0 Å². The Morgan fingerprint density at radius 2 is 1.89 bits per heavy atom. The average molecular weight is 486 g/mol. The van der Waals surface area contributed by atoms with Gasteiger partial charge in [-0.1, -0.05) is 12.1 Å². The van der Waals surface area contributed by atoms with Gasteiger partial charge in [-0.3, -0.25) is 19.3 Å². The van der Waals surface area contributed by atoms with Crippen LogP contribution < -0.4 is 5.32 Å². The molecule has 5 rings (SSSR count). The summed E-state index contributed by atoms with van der Waals surface area (Å²) in [5.74, 6) is -1.64. The van der Waals surface area contributed by atoms with E-state index in [4.69, 9.17) is 13.9 Å². The van der Waals surface area contributed by atoms with Crippen LogP contribution in [0.15, 0.2) is 47.1 Å². The number of carbonyl (C=O) groups is 3. The number of hydrogen-bond donors (Lipinski definition) is 1. The highest BCUT2D eigenvalue weighted by Crippen LogP contribution is 2.39. The Morgan fingerprint density at radius 3 is 2.57 bits per heavy atom. The molecule has 3 amide bonds. The number of nitrogens with zero attached hydrogens (tertiary/aromatic N) is 2. The zero-order chi connectivity index (χ0) is 24.4. The molecule has 9 nitrogen and oxygen atoms in total. The molecule has 0 aliphatic carbocycles. The van der Waals surface area contributed by atoms with Crippen LogP contribution in [0.3, 0.4) is 0 Å². The molecule has 10 heteroatoms. The molecule has 2 aromatic rings. The van der Waals surface area contributed by atoms with E-state index in [0.29, 0.717) is 13.2 Å². The topological polar surface area (TPSA) is 101 Å². The summed E-state index contributed by atoms with van der Waals surface area (Å²) in [6.07, 6.45) is 3.79. The lowest BCUT2D eigenvalue weighted by Crippen LogP contribution is -2.60. The van der Waals surface area contributed by atoms with E-state index < -0.39 is 29.4 Å². The third-order valence-electron chi connectivity index (χ3n) is 6.98. The van der Waals surface area contributed by atoms with Gasteiger partial charge in [0.2, 0.25) is 5.91 Å². The van der Waals surface area contributed by atoms with Crippen molar-refractivity contribution in [2.45, 2.75) is 43.6 Å². The number of furan rings is 1. The van der Waals surface area contributed by atoms with E-state index in [0.717, 1.165) is 12.8 Å². The number of piperidine rings is 1. The predicted octanol–water partition coefficient (Wildman–Crippen LogP) is 2.19. The van der Waals surface area contributed by atoms with Crippen LogP contribution >= 0.6 is 0 Å². The van der Waals surface area contributed by atoms with Crippen LogP contribution in [0, 0.1) is 5.82 Å². The molecule has 0 bridgehead atoms. The Kier molecular flexibility index (Phi) is 6.57. The van der Waals surface area contributed by atoms with Crippen LogP contribution in [0.5, 0.6) is 0 Å². The minimum absolute atomic E-state index is 0.00527. The molecular formula is C25H28FN3O6. The Morgan fingerprint density at radius 1 is 1.09 bits per heavy atom. The normalized spacial score (nSPS) is 23.6. The van der Waals surface area contributed by atoms with Crippen LogP contribution in [0.4, 0.5) is 4.39 Å². The molecule has 3 saturated heterocycles. The minimum atomic E-state index is -1.07. The second kappa shape index (κ2) is 9.79. The van der Waals surface area contributed by atoms with Crippen molar-refractivity contribution in [3.63, 3.8) is 0 Å². The average Bonchev–Trinajstić information content (AvgIpc) is 3.65. The number of ether oxygens (including phenoxy) is 2. The highest BCUT2D eigenvalue weighted by molar-refractivity contribution is 5.97. The molecule has 0 radical (unpaired) electrons. The Bertz CT molecular complexity index is 1080. The maximum atomic E-state index is 14.2. The highest BCUT2D eigenvalue weighted by Gasteiger charge is 2.54. The maximum Gasteiger partial charge on any atom is 0.292 e. The molecule has 3 fully saturated rings. The molecule has 3 aliphatic heterocycles. The predicted molar refractivity (Wildman–Crippen MR) is 121 cm³/mol.